The molecule has 1 aliphatic heterocycles. The third-order valence-electron chi connectivity index (χ3n) is 5.17. The number of nitrogens with one attached hydrogen (secondary N) is 1. The summed E-state index contributed by atoms with van der Waals surface area (Å²) < 4.78 is 18.9. The first kappa shape index (κ1) is 22.6. The van der Waals surface area contributed by atoms with Crippen molar-refractivity contribution in [1.82, 2.24) is 25.2 Å². The molecular weight excluding hydrogens is 447 g/mol. The molecule has 33 heavy (non-hydrogen) atoms. The zero-order valence-electron chi connectivity index (χ0n) is 18.5. The van der Waals surface area contributed by atoms with Crippen molar-refractivity contribution in [2.45, 2.75) is 26.9 Å². The number of anilines is 1. The van der Waals surface area contributed by atoms with Crippen LogP contribution in [0.5, 0.6) is 5.75 Å². The molecule has 1 aromatic carbocycles. The summed E-state index contributed by atoms with van der Waals surface area (Å²) in [5.74, 6) is -0.594. The lowest BCUT2D eigenvalue weighted by molar-refractivity contribution is 0.0953. The topological polar surface area (TPSA) is 101 Å². The summed E-state index contributed by atoms with van der Waals surface area (Å²) >= 11 is 1.16. The molecule has 0 atom stereocenters. The minimum absolute atomic E-state index is 0.159. The first-order valence-electron chi connectivity index (χ1n) is 10.3. The number of amides is 3. The highest BCUT2D eigenvalue weighted by molar-refractivity contribution is 7.17. The second kappa shape index (κ2) is 9.49. The number of aryl methyl sites for hydroxylation is 2. The maximum Gasteiger partial charge on any atom is 0.326 e. The van der Waals surface area contributed by atoms with Gasteiger partial charge in [0.1, 0.15) is 4.88 Å². The van der Waals surface area contributed by atoms with Gasteiger partial charge in [0.15, 0.2) is 16.7 Å². The lowest BCUT2D eigenvalue weighted by atomic mass is 10.2. The SMILES string of the molecule is COc1ccc(CN2CCN(c3nc(C)c(C(=O)NCc4cnc(C)cn4)s3)C2=O)cc1F. The van der Waals surface area contributed by atoms with E-state index in [2.05, 4.69) is 20.3 Å². The Kier molecular flexibility index (Phi) is 6.50. The molecule has 2 aromatic heterocycles. The molecule has 0 radical (unpaired) electrons. The van der Waals surface area contributed by atoms with E-state index in [1.807, 2.05) is 6.92 Å². The van der Waals surface area contributed by atoms with Crippen LogP contribution in [-0.2, 0) is 13.1 Å². The van der Waals surface area contributed by atoms with Gasteiger partial charge >= 0.3 is 6.03 Å². The number of hydrogen-bond donors (Lipinski definition) is 1. The smallest absolute Gasteiger partial charge is 0.326 e. The number of carbonyl (C=O) groups excluding carboxylic acids is 2. The predicted octanol–water partition coefficient (Wildman–Crippen LogP) is 3.07. The van der Waals surface area contributed by atoms with Crippen LogP contribution in [0.15, 0.2) is 30.6 Å². The maximum atomic E-state index is 14.0. The lowest BCUT2D eigenvalue weighted by Gasteiger charge is -2.17. The van der Waals surface area contributed by atoms with E-state index in [-0.39, 0.29) is 30.8 Å². The third-order valence-corrected chi connectivity index (χ3v) is 6.35. The van der Waals surface area contributed by atoms with E-state index in [9.17, 15) is 14.0 Å². The predicted molar refractivity (Wildman–Crippen MR) is 121 cm³/mol. The zero-order chi connectivity index (χ0) is 23.5. The molecule has 11 heteroatoms. The molecule has 0 saturated carbocycles. The summed E-state index contributed by atoms with van der Waals surface area (Å²) in [6, 6.07) is 4.40. The number of hydrogen-bond acceptors (Lipinski definition) is 7. The highest BCUT2D eigenvalue weighted by atomic mass is 32.1. The van der Waals surface area contributed by atoms with Crippen molar-refractivity contribution in [3.63, 3.8) is 0 Å². The molecule has 1 saturated heterocycles. The number of methoxy groups -OCH3 is 1. The number of nitrogens with zero attached hydrogens (tertiary/aromatic N) is 5. The molecule has 3 amide bonds. The normalized spacial score (nSPS) is 13.5. The molecule has 1 fully saturated rings. The average Bonchev–Trinajstić information content (AvgIpc) is 3.35. The van der Waals surface area contributed by atoms with Crippen LogP contribution in [0.4, 0.5) is 14.3 Å². The summed E-state index contributed by atoms with van der Waals surface area (Å²) in [6.45, 7) is 5.00. The van der Waals surface area contributed by atoms with Crippen molar-refractivity contribution in [2.75, 3.05) is 25.1 Å². The Morgan fingerprint density at radius 3 is 2.76 bits per heavy atom. The van der Waals surface area contributed by atoms with Gasteiger partial charge in [0.25, 0.3) is 5.91 Å². The Labute approximate surface area is 194 Å². The summed E-state index contributed by atoms with van der Waals surface area (Å²) in [6.07, 6.45) is 3.26. The minimum atomic E-state index is -0.471. The number of thiazole rings is 1. The molecular formula is C22H23FN6O3S. The minimum Gasteiger partial charge on any atom is -0.494 e. The van der Waals surface area contributed by atoms with Crippen LogP contribution in [0.1, 0.15) is 32.3 Å². The fraction of sp³-hybridized carbons (Fsp3) is 0.318. The number of ether oxygens (including phenoxy) is 1. The molecule has 4 rings (SSSR count). The van der Waals surface area contributed by atoms with E-state index < -0.39 is 5.82 Å². The molecule has 0 bridgehead atoms. The highest BCUT2D eigenvalue weighted by Gasteiger charge is 2.32. The quantitative estimate of drug-likeness (QED) is 0.570. The van der Waals surface area contributed by atoms with Crippen LogP contribution >= 0.6 is 11.3 Å². The fourth-order valence-corrected chi connectivity index (χ4v) is 4.41. The van der Waals surface area contributed by atoms with Crippen LogP contribution in [0.2, 0.25) is 0 Å². The molecule has 1 aliphatic rings. The van der Waals surface area contributed by atoms with E-state index in [1.54, 1.807) is 41.2 Å². The van der Waals surface area contributed by atoms with Crippen molar-refractivity contribution in [3.05, 3.63) is 63.9 Å². The van der Waals surface area contributed by atoms with Gasteiger partial charge in [0.05, 0.1) is 36.9 Å². The first-order chi connectivity index (χ1) is 15.9. The third kappa shape index (κ3) is 4.92. The van der Waals surface area contributed by atoms with E-state index in [1.165, 1.54) is 13.2 Å². The van der Waals surface area contributed by atoms with Gasteiger partial charge in [-0.2, -0.15) is 0 Å². The molecule has 3 heterocycles. The van der Waals surface area contributed by atoms with Crippen LogP contribution < -0.4 is 15.0 Å². The molecule has 0 aliphatic carbocycles. The van der Waals surface area contributed by atoms with Gasteiger partial charge in [0.2, 0.25) is 0 Å². The van der Waals surface area contributed by atoms with Crippen molar-refractivity contribution in [2.24, 2.45) is 0 Å². The van der Waals surface area contributed by atoms with Crippen molar-refractivity contribution in [1.29, 1.82) is 0 Å². The van der Waals surface area contributed by atoms with Crippen molar-refractivity contribution < 1.29 is 18.7 Å². The van der Waals surface area contributed by atoms with Crippen LogP contribution in [0.3, 0.4) is 0 Å². The summed E-state index contributed by atoms with van der Waals surface area (Å²) in [5, 5.41) is 3.28. The van der Waals surface area contributed by atoms with Crippen molar-refractivity contribution in [3.8, 4) is 5.75 Å². The summed E-state index contributed by atoms with van der Waals surface area (Å²) in [7, 11) is 1.40. The molecule has 3 aromatic rings. The van der Waals surface area contributed by atoms with Gasteiger partial charge in [0, 0.05) is 25.8 Å². The van der Waals surface area contributed by atoms with E-state index in [0.717, 1.165) is 17.0 Å². The second-order valence-corrected chi connectivity index (χ2v) is 8.54. The van der Waals surface area contributed by atoms with Crippen LogP contribution in [-0.4, -0.2) is 52.0 Å². The Hall–Kier alpha value is -3.60. The number of carbonyl (C=O) groups is 2. The number of benzene rings is 1. The Bertz CT molecular complexity index is 1180. The van der Waals surface area contributed by atoms with E-state index in [4.69, 9.17) is 4.74 Å². The fourth-order valence-electron chi connectivity index (χ4n) is 3.41. The van der Waals surface area contributed by atoms with Gasteiger partial charge < -0.3 is 15.0 Å². The molecule has 9 nitrogen and oxygen atoms in total. The number of urea groups is 1. The van der Waals surface area contributed by atoms with E-state index >= 15 is 0 Å². The summed E-state index contributed by atoms with van der Waals surface area (Å²) in [5.41, 5.74) is 2.66. The number of rotatable bonds is 7. The van der Waals surface area contributed by atoms with Gasteiger partial charge in [-0.15, -0.1) is 0 Å². The Morgan fingerprint density at radius 1 is 1.24 bits per heavy atom. The molecule has 1 N–H and O–H groups in total. The summed E-state index contributed by atoms with van der Waals surface area (Å²) in [4.78, 5) is 42.0. The molecule has 172 valence electrons. The Balaban J connectivity index is 1.40. The van der Waals surface area contributed by atoms with Gasteiger partial charge in [-0.25, -0.2) is 14.2 Å². The van der Waals surface area contributed by atoms with Gasteiger partial charge in [-0.3, -0.25) is 19.7 Å². The Morgan fingerprint density at radius 2 is 2.06 bits per heavy atom. The lowest BCUT2D eigenvalue weighted by Crippen LogP contribution is -2.31. The molecule has 0 unspecified atom stereocenters. The largest absolute Gasteiger partial charge is 0.494 e. The average molecular weight is 471 g/mol. The number of halogens is 1. The zero-order valence-corrected chi connectivity index (χ0v) is 19.3. The number of aromatic nitrogens is 3. The monoisotopic (exact) mass is 470 g/mol. The molecule has 0 spiro atoms. The van der Waals surface area contributed by atoms with E-state index in [0.29, 0.717) is 40.0 Å². The first-order valence-corrected chi connectivity index (χ1v) is 11.1. The van der Waals surface area contributed by atoms with Crippen LogP contribution in [0, 0.1) is 19.7 Å². The second-order valence-electron chi connectivity index (χ2n) is 7.57. The van der Waals surface area contributed by atoms with Crippen molar-refractivity contribution >= 4 is 28.4 Å². The standard InChI is InChI=1S/C22H23FN6O3S/c1-13-9-25-16(10-24-13)11-26-20(30)19-14(2)27-21(33-19)29-7-6-28(22(29)31)12-15-4-5-18(32-3)17(23)8-15/h4-5,8-10H,6-7,11-12H2,1-3H3,(H,26,30). The highest BCUT2D eigenvalue weighted by Crippen LogP contribution is 2.29. The van der Waals surface area contributed by atoms with Gasteiger partial charge in [-0.05, 0) is 31.5 Å². The maximum absolute atomic E-state index is 14.0. The van der Waals surface area contributed by atoms with Crippen LogP contribution in [0.25, 0.3) is 0 Å². The van der Waals surface area contributed by atoms with Gasteiger partial charge in [-0.1, -0.05) is 17.4 Å².